The lowest BCUT2D eigenvalue weighted by molar-refractivity contribution is 1.21. The molecule has 0 unspecified atom stereocenters. The number of fused-ring (bicyclic) bond motifs is 5. The maximum Gasteiger partial charge on any atom is 0.146 e. The van der Waals surface area contributed by atoms with Gasteiger partial charge in [-0.25, -0.2) is 4.98 Å². The van der Waals surface area contributed by atoms with Gasteiger partial charge in [-0.05, 0) is 93.4 Å². The summed E-state index contributed by atoms with van der Waals surface area (Å²) >= 11 is 0. The number of hydrogen-bond donors (Lipinski definition) is 0. The van der Waals surface area contributed by atoms with Gasteiger partial charge in [0.1, 0.15) is 5.65 Å². The van der Waals surface area contributed by atoms with Gasteiger partial charge < -0.3 is 4.90 Å². The van der Waals surface area contributed by atoms with Gasteiger partial charge in [-0.1, -0.05) is 147 Å². The Balaban J connectivity index is 1.11. The Morgan fingerprint density at radius 1 is 0.442 bits per heavy atom. The first-order chi connectivity index (χ1) is 25.7. The van der Waals surface area contributed by atoms with Crippen molar-refractivity contribution < 1.29 is 0 Å². The molecule has 0 N–H and O–H groups in total. The van der Waals surface area contributed by atoms with E-state index >= 15 is 0 Å². The van der Waals surface area contributed by atoms with Crippen LogP contribution in [0.3, 0.4) is 0 Å². The third kappa shape index (κ3) is 5.37. The molecule has 9 rings (SSSR count). The van der Waals surface area contributed by atoms with Gasteiger partial charge in [0, 0.05) is 28.0 Å². The minimum Gasteiger partial charge on any atom is -0.311 e. The third-order valence-corrected chi connectivity index (χ3v) is 9.95. The van der Waals surface area contributed by atoms with E-state index in [1.54, 1.807) is 0 Å². The zero-order chi connectivity index (χ0) is 35.0. The summed E-state index contributed by atoms with van der Waals surface area (Å²) in [6.07, 6.45) is 3.82. The van der Waals surface area contributed by atoms with E-state index in [9.17, 15) is 0 Å². The van der Waals surface area contributed by atoms with E-state index in [1.165, 1.54) is 22.3 Å². The summed E-state index contributed by atoms with van der Waals surface area (Å²) in [6.45, 7) is 8.27. The van der Waals surface area contributed by atoms with Gasteiger partial charge in [0.25, 0.3) is 0 Å². The van der Waals surface area contributed by atoms with Crippen LogP contribution in [0.5, 0.6) is 0 Å². The molecule has 9 aromatic rings. The summed E-state index contributed by atoms with van der Waals surface area (Å²) in [5, 5.41) is 2.22. The van der Waals surface area contributed by atoms with Gasteiger partial charge >= 0.3 is 0 Å². The van der Waals surface area contributed by atoms with Crippen LogP contribution in [0.15, 0.2) is 189 Å². The molecule has 52 heavy (non-hydrogen) atoms. The molecule has 3 heteroatoms. The Kier molecular flexibility index (Phi) is 7.79. The second-order valence-electron chi connectivity index (χ2n) is 12.9. The molecule has 0 spiro atoms. The highest BCUT2D eigenvalue weighted by Crippen LogP contribution is 2.38. The predicted molar refractivity (Wildman–Crippen MR) is 221 cm³/mol. The van der Waals surface area contributed by atoms with Crippen LogP contribution in [-0.4, -0.2) is 9.38 Å². The molecule has 7 aromatic carbocycles. The van der Waals surface area contributed by atoms with Crippen molar-refractivity contribution in [2.24, 2.45) is 0 Å². The average Bonchev–Trinajstić information content (AvgIpc) is 3.61. The van der Waals surface area contributed by atoms with Gasteiger partial charge in [0.05, 0.1) is 16.7 Å². The van der Waals surface area contributed by atoms with E-state index in [-0.39, 0.29) is 0 Å². The molecule has 0 amide bonds. The van der Waals surface area contributed by atoms with Crippen molar-refractivity contribution in [3.8, 4) is 33.4 Å². The number of imidazole rings is 1. The fraction of sp³-hybridized carbons (Fsp3) is 0. The third-order valence-electron chi connectivity index (χ3n) is 9.95. The van der Waals surface area contributed by atoms with Crippen LogP contribution >= 0.6 is 0 Å². The summed E-state index contributed by atoms with van der Waals surface area (Å²) in [5.74, 6) is 0. The maximum atomic E-state index is 5.17. The average molecular weight is 666 g/mol. The van der Waals surface area contributed by atoms with E-state index in [4.69, 9.17) is 4.98 Å². The lowest BCUT2D eigenvalue weighted by Crippen LogP contribution is -2.09. The summed E-state index contributed by atoms with van der Waals surface area (Å²) in [5.41, 5.74) is 15.3. The monoisotopic (exact) mass is 665 g/mol. The largest absolute Gasteiger partial charge is 0.311 e. The zero-order valence-electron chi connectivity index (χ0n) is 28.7. The lowest BCUT2D eigenvalue weighted by Gasteiger charge is -2.26. The van der Waals surface area contributed by atoms with Gasteiger partial charge in [0.15, 0.2) is 0 Å². The van der Waals surface area contributed by atoms with Crippen molar-refractivity contribution in [2.75, 3.05) is 4.90 Å². The van der Waals surface area contributed by atoms with Gasteiger partial charge in [-0.2, -0.15) is 0 Å². The van der Waals surface area contributed by atoms with Crippen molar-refractivity contribution in [1.82, 2.24) is 9.38 Å². The molecule has 0 radical (unpaired) electrons. The van der Waals surface area contributed by atoms with Gasteiger partial charge in [-0.15, -0.1) is 0 Å². The molecule has 0 aliphatic carbocycles. The molecule has 2 aromatic heterocycles. The molecule has 0 aliphatic heterocycles. The highest BCUT2D eigenvalue weighted by molar-refractivity contribution is 6.04. The van der Waals surface area contributed by atoms with Crippen molar-refractivity contribution in [3.63, 3.8) is 0 Å². The quantitative estimate of drug-likeness (QED) is 0.161. The number of rotatable bonds is 8. The topological polar surface area (TPSA) is 20.5 Å². The standard InChI is InChI=1S/C49H35N3/c1-3-43-44-17-11-12-18-45(44)49-50-46-33-39(25-32-48(46)52(49)47(43)4-2)38-23-30-42(31-24-38)51(40-26-19-36(20-27-40)34-13-7-5-8-14-34)41-28-21-37(22-29-41)35-15-9-6-10-16-35/h3-33H,1-2H2. The Hall–Kier alpha value is -6.97. The van der Waals surface area contributed by atoms with Crippen LogP contribution in [0.2, 0.25) is 0 Å². The number of nitrogens with zero attached hydrogens (tertiary/aromatic N) is 3. The summed E-state index contributed by atoms with van der Waals surface area (Å²) in [6, 6.07) is 62.4. The molecule has 0 saturated heterocycles. The smallest absolute Gasteiger partial charge is 0.146 e. The molecule has 3 nitrogen and oxygen atoms in total. The van der Waals surface area contributed by atoms with Gasteiger partial charge in [0.2, 0.25) is 0 Å². The van der Waals surface area contributed by atoms with Crippen LogP contribution in [0.4, 0.5) is 17.1 Å². The second-order valence-corrected chi connectivity index (χ2v) is 12.9. The number of benzene rings is 7. The molecular weight excluding hydrogens is 631 g/mol. The van der Waals surface area contributed by atoms with Crippen LogP contribution in [-0.2, 0) is 0 Å². The van der Waals surface area contributed by atoms with E-state index in [0.29, 0.717) is 0 Å². The number of hydrogen-bond acceptors (Lipinski definition) is 2. The van der Waals surface area contributed by atoms with Crippen LogP contribution in [0.1, 0.15) is 11.3 Å². The minimum atomic E-state index is 0.922. The van der Waals surface area contributed by atoms with Crippen molar-refractivity contribution in [1.29, 1.82) is 0 Å². The number of pyridine rings is 1. The summed E-state index contributed by atoms with van der Waals surface area (Å²) < 4.78 is 2.21. The number of aromatic nitrogens is 2. The highest BCUT2D eigenvalue weighted by atomic mass is 15.1. The molecule has 0 saturated carbocycles. The highest BCUT2D eigenvalue weighted by Gasteiger charge is 2.17. The second kappa shape index (κ2) is 13.1. The minimum absolute atomic E-state index is 0.922. The Labute approximate surface area is 303 Å². The van der Waals surface area contributed by atoms with E-state index in [0.717, 1.165) is 66.9 Å². The lowest BCUT2D eigenvalue weighted by atomic mass is 10.0. The molecule has 0 aliphatic rings. The first-order valence-electron chi connectivity index (χ1n) is 17.5. The zero-order valence-corrected chi connectivity index (χ0v) is 28.7. The molecule has 0 atom stereocenters. The van der Waals surface area contributed by atoms with E-state index in [2.05, 4.69) is 198 Å². The van der Waals surface area contributed by atoms with Gasteiger partial charge in [-0.3, -0.25) is 4.40 Å². The van der Waals surface area contributed by atoms with Crippen molar-refractivity contribution in [3.05, 3.63) is 200 Å². The predicted octanol–water partition coefficient (Wildman–Crippen LogP) is 13.4. The SMILES string of the molecule is C=Cc1c(C=C)n2c3ccc(-c4ccc(N(c5ccc(-c6ccccc6)cc5)c5ccc(-c6ccccc6)cc5)cc4)cc3nc2c2ccccc12. The van der Waals surface area contributed by atoms with E-state index < -0.39 is 0 Å². The molecular formula is C49H35N3. The van der Waals surface area contributed by atoms with Crippen LogP contribution in [0.25, 0.3) is 73.0 Å². The van der Waals surface area contributed by atoms with E-state index in [1.807, 2.05) is 12.2 Å². The Bertz CT molecular complexity index is 2640. The van der Waals surface area contributed by atoms with Crippen molar-refractivity contribution in [2.45, 2.75) is 0 Å². The summed E-state index contributed by atoms with van der Waals surface area (Å²) in [4.78, 5) is 7.49. The molecule has 0 fully saturated rings. The fourth-order valence-corrected chi connectivity index (χ4v) is 7.39. The molecule has 0 bridgehead atoms. The van der Waals surface area contributed by atoms with Crippen molar-refractivity contribution >= 4 is 56.7 Å². The summed E-state index contributed by atoms with van der Waals surface area (Å²) in [7, 11) is 0. The Morgan fingerprint density at radius 3 is 1.38 bits per heavy atom. The Morgan fingerprint density at radius 2 is 0.885 bits per heavy atom. The maximum absolute atomic E-state index is 5.17. The first-order valence-corrected chi connectivity index (χ1v) is 17.5. The van der Waals surface area contributed by atoms with Crippen LogP contribution < -0.4 is 4.90 Å². The molecule has 246 valence electrons. The van der Waals surface area contributed by atoms with Crippen LogP contribution in [0, 0.1) is 0 Å². The normalized spacial score (nSPS) is 11.2. The molecule has 2 heterocycles. The number of anilines is 3. The first kappa shape index (κ1) is 31.0. The fourth-order valence-electron chi connectivity index (χ4n) is 7.39.